The molecule has 0 aromatic carbocycles. The Balaban J connectivity index is 1.05. The van der Waals surface area contributed by atoms with Crippen molar-refractivity contribution in [2.75, 3.05) is 0 Å². The zero-order chi connectivity index (χ0) is 39.3. The van der Waals surface area contributed by atoms with Gasteiger partial charge in [0.15, 0.2) is 0 Å². The van der Waals surface area contributed by atoms with Crippen LogP contribution in [0.2, 0.25) is 0 Å². The highest BCUT2D eigenvalue weighted by atomic mass is 15.2. The first-order chi connectivity index (χ1) is 28.4. The van der Waals surface area contributed by atoms with Gasteiger partial charge < -0.3 is 0 Å². The molecule has 0 heterocycles. The van der Waals surface area contributed by atoms with Gasteiger partial charge in [0.1, 0.15) is 0 Å². The standard InChI is InChI=1S/C56H96N2/c1-37-15-23-43(24-16-37)57(44-25-17-38(2)18-26-44)53-35-51(41-11-7-5-8-12-41)47-32-34-50-54(58(45-27-19-39(3)20-28-45)46-29-21-40(4)22-30-46)36-52(42-13-9-6-10-14-42)48-31-33-49(53)55(47)56(48)50/h37-56H,5-36H2,1-4H3. The molecule has 10 fully saturated rings. The van der Waals surface area contributed by atoms with Crippen molar-refractivity contribution in [3.63, 3.8) is 0 Å². The van der Waals surface area contributed by atoms with E-state index in [1.165, 1.54) is 116 Å². The van der Waals surface area contributed by atoms with Crippen molar-refractivity contribution < 1.29 is 0 Å². The summed E-state index contributed by atoms with van der Waals surface area (Å²) in [5.41, 5.74) is 0. The van der Waals surface area contributed by atoms with Gasteiger partial charge in [0.05, 0.1) is 0 Å². The molecule has 2 heteroatoms. The van der Waals surface area contributed by atoms with Gasteiger partial charge in [-0.3, -0.25) is 9.80 Å². The maximum absolute atomic E-state index is 3.50. The van der Waals surface area contributed by atoms with Crippen molar-refractivity contribution >= 4 is 0 Å². The summed E-state index contributed by atoms with van der Waals surface area (Å²) in [4.78, 5) is 6.99. The van der Waals surface area contributed by atoms with Crippen LogP contribution in [-0.4, -0.2) is 46.1 Å². The first-order valence-electron chi connectivity index (χ1n) is 28.0. The molecular formula is C56H96N2. The predicted molar refractivity (Wildman–Crippen MR) is 246 cm³/mol. The van der Waals surface area contributed by atoms with Crippen LogP contribution in [0.15, 0.2) is 0 Å². The first kappa shape index (κ1) is 41.9. The van der Waals surface area contributed by atoms with Gasteiger partial charge in [0, 0.05) is 36.3 Å². The van der Waals surface area contributed by atoms with Gasteiger partial charge in [0.25, 0.3) is 0 Å². The van der Waals surface area contributed by atoms with E-state index in [-0.39, 0.29) is 0 Å². The molecule has 0 aromatic rings. The fourth-order valence-electron chi connectivity index (χ4n) is 19.2. The lowest BCUT2D eigenvalue weighted by molar-refractivity contribution is -0.189. The summed E-state index contributed by atoms with van der Waals surface area (Å²) in [5, 5.41) is 0. The predicted octanol–water partition coefficient (Wildman–Crippen LogP) is 15.1. The number of hydrogen-bond acceptors (Lipinski definition) is 2. The second kappa shape index (κ2) is 18.6. The summed E-state index contributed by atoms with van der Waals surface area (Å²) in [6, 6.07) is 5.40. The minimum absolute atomic E-state index is 0.896. The van der Waals surface area contributed by atoms with Crippen molar-refractivity contribution in [3.8, 4) is 0 Å². The first-order valence-corrected chi connectivity index (χ1v) is 28.0. The quantitative estimate of drug-likeness (QED) is 0.241. The van der Waals surface area contributed by atoms with Gasteiger partial charge in [0.2, 0.25) is 0 Å². The van der Waals surface area contributed by atoms with E-state index in [2.05, 4.69) is 37.5 Å². The van der Waals surface area contributed by atoms with Gasteiger partial charge in [-0.1, -0.05) is 91.9 Å². The molecule has 10 saturated carbocycles. The van der Waals surface area contributed by atoms with Crippen molar-refractivity contribution in [2.24, 2.45) is 82.9 Å². The Morgan fingerprint density at radius 3 is 0.828 bits per heavy atom. The third kappa shape index (κ3) is 8.37. The van der Waals surface area contributed by atoms with Crippen LogP contribution in [0.5, 0.6) is 0 Å². The molecule has 0 spiro atoms. The Bertz CT molecular complexity index is 1120. The van der Waals surface area contributed by atoms with Crippen LogP contribution < -0.4 is 0 Å². The molecule has 10 rings (SSSR count). The van der Waals surface area contributed by atoms with Crippen LogP contribution in [-0.2, 0) is 0 Å². The van der Waals surface area contributed by atoms with Crippen LogP contribution in [0.4, 0.5) is 0 Å². The summed E-state index contributed by atoms with van der Waals surface area (Å²) in [5.74, 6) is 14.3. The van der Waals surface area contributed by atoms with E-state index in [0.29, 0.717) is 0 Å². The Hall–Kier alpha value is -0.0800. The molecule has 0 saturated heterocycles. The van der Waals surface area contributed by atoms with E-state index in [1.807, 2.05) is 0 Å². The second-order valence-electron chi connectivity index (χ2n) is 25.2. The SMILES string of the molecule is CC1CCC(N(C2CCC(C)CC2)C2CC(C3CCCCC3)C3CCC4C5C(CCC2C35)C(C2CCCCC2)CC4N(C2CCC(C)CC2)C2CCC(C)CC2)CC1. The van der Waals surface area contributed by atoms with Gasteiger partial charge in [-0.15, -0.1) is 0 Å². The molecule has 0 radical (unpaired) electrons. The van der Waals surface area contributed by atoms with Gasteiger partial charge >= 0.3 is 0 Å². The van der Waals surface area contributed by atoms with Crippen molar-refractivity contribution in [1.29, 1.82) is 0 Å². The Morgan fingerprint density at radius 2 is 0.534 bits per heavy atom. The van der Waals surface area contributed by atoms with Crippen LogP contribution in [0.3, 0.4) is 0 Å². The van der Waals surface area contributed by atoms with Crippen LogP contribution in [0, 0.1) is 82.9 Å². The van der Waals surface area contributed by atoms with E-state index in [1.54, 1.807) is 89.9 Å². The maximum atomic E-state index is 3.50. The molecule has 10 atom stereocenters. The lowest BCUT2D eigenvalue weighted by Crippen LogP contribution is -2.67. The third-order valence-electron chi connectivity index (χ3n) is 22.1. The largest absolute Gasteiger partial charge is 0.294 e. The molecule has 10 unspecified atom stereocenters. The number of nitrogens with zero attached hydrogens (tertiary/aromatic N) is 2. The molecule has 0 amide bonds. The fourth-order valence-corrected chi connectivity index (χ4v) is 19.2. The van der Waals surface area contributed by atoms with E-state index in [4.69, 9.17) is 0 Å². The van der Waals surface area contributed by atoms with Gasteiger partial charge in [-0.2, -0.15) is 0 Å². The highest BCUT2D eigenvalue weighted by Gasteiger charge is 2.63. The van der Waals surface area contributed by atoms with E-state index in [9.17, 15) is 0 Å². The molecule has 10 aliphatic rings. The lowest BCUT2D eigenvalue weighted by atomic mass is 9.41. The molecule has 0 aliphatic heterocycles. The molecule has 330 valence electrons. The van der Waals surface area contributed by atoms with Gasteiger partial charge in [-0.05, 0) is 224 Å². The molecule has 0 aromatic heterocycles. The van der Waals surface area contributed by atoms with Crippen molar-refractivity contribution in [1.82, 2.24) is 9.80 Å². The topological polar surface area (TPSA) is 6.48 Å². The van der Waals surface area contributed by atoms with E-state index >= 15 is 0 Å². The Morgan fingerprint density at radius 1 is 0.259 bits per heavy atom. The highest BCUT2D eigenvalue weighted by Crippen LogP contribution is 2.67. The van der Waals surface area contributed by atoms with Crippen LogP contribution >= 0.6 is 0 Å². The molecule has 0 N–H and O–H groups in total. The highest BCUT2D eigenvalue weighted by molar-refractivity contribution is 5.13. The Kier molecular flexibility index (Phi) is 13.4. The molecule has 2 nitrogen and oxygen atoms in total. The summed E-state index contributed by atoms with van der Waals surface area (Å²) >= 11 is 0. The zero-order valence-corrected chi connectivity index (χ0v) is 39.1. The monoisotopic (exact) mass is 797 g/mol. The molecule has 10 aliphatic carbocycles. The summed E-state index contributed by atoms with van der Waals surface area (Å²) in [6.07, 6.45) is 49.6. The Labute approximate surface area is 360 Å². The smallest absolute Gasteiger partial charge is 0.0135 e. The van der Waals surface area contributed by atoms with Gasteiger partial charge in [-0.25, -0.2) is 0 Å². The van der Waals surface area contributed by atoms with Crippen molar-refractivity contribution in [2.45, 2.75) is 269 Å². The third-order valence-corrected chi connectivity index (χ3v) is 22.1. The van der Waals surface area contributed by atoms with Crippen molar-refractivity contribution in [3.05, 3.63) is 0 Å². The van der Waals surface area contributed by atoms with E-state index < -0.39 is 0 Å². The van der Waals surface area contributed by atoms with Crippen LogP contribution in [0.1, 0.15) is 233 Å². The fraction of sp³-hybridized carbons (Fsp3) is 1.00. The molecular weight excluding hydrogens is 701 g/mol. The number of hydrogen-bond donors (Lipinski definition) is 0. The maximum Gasteiger partial charge on any atom is 0.0135 e. The lowest BCUT2D eigenvalue weighted by Gasteiger charge is -2.68. The van der Waals surface area contributed by atoms with Crippen LogP contribution in [0.25, 0.3) is 0 Å². The normalized spacial score (nSPS) is 49.8. The van der Waals surface area contributed by atoms with E-state index in [0.717, 1.165) is 119 Å². The molecule has 58 heavy (non-hydrogen) atoms. The summed E-state index contributed by atoms with van der Waals surface area (Å²) in [7, 11) is 0. The molecule has 0 bridgehead atoms. The average Bonchev–Trinajstić information content (AvgIpc) is 3.26. The second-order valence-corrected chi connectivity index (χ2v) is 25.2. The summed E-state index contributed by atoms with van der Waals surface area (Å²) in [6.45, 7) is 10.3. The zero-order valence-electron chi connectivity index (χ0n) is 39.1. The average molecular weight is 797 g/mol. The summed E-state index contributed by atoms with van der Waals surface area (Å²) < 4.78 is 0. The minimum Gasteiger partial charge on any atom is -0.294 e. The number of rotatable bonds is 8. The minimum atomic E-state index is 0.896.